The lowest BCUT2D eigenvalue weighted by Crippen LogP contribution is -2.37. The van der Waals surface area contributed by atoms with Crippen LogP contribution in [0.5, 0.6) is 0 Å². The van der Waals surface area contributed by atoms with E-state index in [9.17, 15) is 9.59 Å². The number of amides is 1. The highest BCUT2D eigenvalue weighted by Gasteiger charge is 2.18. The lowest BCUT2D eigenvalue weighted by molar-refractivity contribution is -0.155. The van der Waals surface area contributed by atoms with Crippen molar-refractivity contribution in [3.63, 3.8) is 0 Å². The maximum atomic E-state index is 12.1. The molecular weight excluding hydrogens is 370 g/mol. The lowest BCUT2D eigenvalue weighted by Gasteiger charge is -2.13. The molecule has 0 radical (unpaired) electrons. The molecule has 0 saturated heterocycles. The van der Waals surface area contributed by atoms with Crippen molar-refractivity contribution in [3.05, 3.63) is 65.7 Å². The number of aryl methyl sites for hydroxylation is 1. The Morgan fingerprint density at radius 1 is 1.10 bits per heavy atom. The van der Waals surface area contributed by atoms with Crippen LogP contribution < -0.4 is 5.32 Å². The van der Waals surface area contributed by atoms with E-state index in [1.54, 1.807) is 0 Å². The van der Waals surface area contributed by atoms with E-state index < -0.39 is 12.1 Å². The largest absolute Gasteiger partial charge is 0.451 e. The van der Waals surface area contributed by atoms with Crippen molar-refractivity contribution >= 4 is 11.9 Å². The predicted octanol–water partition coefficient (Wildman–Crippen LogP) is 1.94. The fraction of sp³-hybridized carbons (Fsp3) is 0.286. The highest BCUT2D eigenvalue weighted by Crippen LogP contribution is 2.13. The van der Waals surface area contributed by atoms with Crippen LogP contribution >= 0.6 is 0 Å². The van der Waals surface area contributed by atoms with Gasteiger partial charge >= 0.3 is 5.97 Å². The van der Waals surface area contributed by atoms with Crippen molar-refractivity contribution in [1.29, 1.82) is 0 Å². The quantitative estimate of drug-likeness (QED) is 0.587. The molecule has 0 aliphatic carbocycles. The Balaban J connectivity index is 1.45. The van der Waals surface area contributed by atoms with Gasteiger partial charge in [0, 0.05) is 12.1 Å². The molecule has 1 heterocycles. The SMILES string of the molecule is Cc1ccc(-c2nnn(CC(=O)OC(C)C(=O)NCCc3ccccc3)n2)cc1. The number of hydrogen-bond donors (Lipinski definition) is 1. The predicted molar refractivity (Wildman–Crippen MR) is 107 cm³/mol. The van der Waals surface area contributed by atoms with E-state index in [0.29, 0.717) is 18.8 Å². The number of aromatic nitrogens is 4. The third-order valence-corrected chi connectivity index (χ3v) is 4.27. The molecule has 3 rings (SSSR count). The van der Waals surface area contributed by atoms with Crippen LogP contribution in [0.25, 0.3) is 11.4 Å². The number of nitrogens with zero attached hydrogens (tertiary/aromatic N) is 4. The van der Waals surface area contributed by atoms with Gasteiger partial charge in [-0.3, -0.25) is 4.79 Å². The van der Waals surface area contributed by atoms with Crippen molar-refractivity contribution in [2.45, 2.75) is 32.9 Å². The molecule has 8 nitrogen and oxygen atoms in total. The van der Waals surface area contributed by atoms with E-state index in [1.165, 1.54) is 6.92 Å². The van der Waals surface area contributed by atoms with Crippen LogP contribution in [0.3, 0.4) is 0 Å². The summed E-state index contributed by atoms with van der Waals surface area (Å²) in [5, 5.41) is 14.8. The fourth-order valence-corrected chi connectivity index (χ4v) is 2.65. The standard InChI is InChI=1S/C21H23N5O3/c1-15-8-10-18(11-9-15)20-23-25-26(24-20)14-19(27)29-16(2)21(28)22-13-12-17-6-4-3-5-7-17/h3-11,16H,12-14H2,1-2H3,(H,22,28). The van der Waals surface area contributed by atoms with Gasteiger partial charge in [0.1, 0.15) is 0 Å². The topological polar surface area (TPSA) is 99.0 Å². The summed E-state index contributed by atoms with van der Waals surface area (Å²) in [6.07, 6.45) is -0.198. The van der Waals surface area contributed by atoms with Crippen LogP contribution in [0, 0.1) is 6.92 Å². The Hall–Kier alpha value is -3.55. The molecule has 150 valence electrons. The van der Waals surface area contributed by atoms with E-state index in [1.807, 2.05) is 61.5 Å². The van der Waals surface area contributed by atoms with Gasteiger partial charge in [-0.25, -0.2) is 4.79 Å². The summed E-state index contributed by atoms with van der Waals surface area (Å²) in [6.45, 7) is 3.76. The number of nitrogens with one attached hydrogen (secondary N) is 1. The Bertz CT molecular complexity index is 954. The molecule has 1 aromatic heterocycles. The smallest absolute Gasteiger partial charge is 0.330 e. The number of carbonyl (C=O) groups excluding carboxylic acids is 2. The first kappa shape index (κ1) is 20.2. The van der Waals surface area contributed by atoms with E-state index in [0.717, 1.165) is 21.5 Å². The molecule has 3 aromatic rings. The molecule has 0 aliphatic heterocycles. The zero-order valence-electron chi connectivity index (χ0n) is 16.4. The Morgan fingerprint density at radius 3 is 2.55 bits per heavy atom. The average Bonchev–Trinajstić information content (AvgIpc) is 3.17. The average molecular weight is 393 g/mol. The summed E-state index contributed by atoms with van der Waals surface area (Å²) in [4.78, 5) is 25.3. The minimum atomic E-state index is -0.904. The maximum absolute atomic E-state index is 12.1. The molecule has 8 heteroatoms. The second-order valence-corrected chi connectivity index (χ2v) is 6.67. The summed E-state index contributed by atoms with van der Waals surface area (Å²) < 4.78 is 5.17. The monoisotopic (exact) mass is 393 g/mol. The van der Waals surface area contributed by atoms with Gasteiger partial charge in [0.05, 0.1) is 0 Å². The molecule has 1 atom stereocenters. The molecule has 0 bridgehead atoms. The Kier molecular flexibility index (Phi) is 6.67. The Labute approximate surface area is 168 Å². The number of carbonyl (C=O) groups is 2. The van der Waals surface area contributed by atoms with Crippen LogP contribution in [0.1, 0.15) is 18.1 Å². The first-order chi connectivity index (χ1) is 14.0. The van der Waals surface area contributed by atoms with E-state index in [2.05, 4.69) is 20.7 Å². The van der Waals surface area contributed by atoms with E-state index in [-0.39, 0.29) is 12.5 Å². The van der Waals surface area contributed by atoms with Crippen molar-refractivity contribution < 1.29 is 14.3 Å². The molecule has 0 aliphatic rings. The molecule has 1 N–H and O–H groups in total. The Morgan fingerprint density at radius 2 is 1.83 bits per heavy atom. The molecular formula is C21H23N5O3. The van der Waals surface area contributed by atoms with Crippen molar-refractivity contribution in [2.24, 2.45) is 0 Å². The highest BCUT2D eigenvalue weighted by atomic mass is 16.5. The third-order valence-electron chi connectivity index (χ3n) is 4.27. The van der Waals surface area contributed by atoms with Gasteiger partial charge in [0.2, 0.25) is 5.82 Å². The molecule has 0 fully saturated rings. The third kappa shape index (κ3) is 5.97. The first-order valence-corrected chi connectivity index (χ1v) is 9.37. The molecule has 0 saturated carbocycles. The molecule has 1 unspecified atom stereocenters. The summed E-state index contributed by atoms with van der Waals surface area (Å²) >= 11 is 0. The zero-order valence-corrected chi connectivity index (χ0v) is 16.4. The second kappa shape index (κ2) is 9.59. The molecule has 29 heavy (non-hydrogen) atoms. The summed E-state index contributed by atoms with van der Waals surface area (Å²) in [5.41, 5.74) is 3.06. The van der Waals surface area contributed by atoms with E-state index in [4.69, 9.17) is 4.74 Å². The highest BCUT2D eigenvalue weighted by molar-refractivity contribution is 5.83. The first-order valence-electron chi connectivity index (χ1n) is 9.37. The number of rotatable bonds is 8. The molecule has 0 spiro atoms. The minimum absolute atomic E-state index is 0.222. The van der Waals surface area contributed by atoms with Crippen molar-refractivity contribution in [2.75, 3.05) is 6.54 Å². The van der Waals surface area contributed by atoms with Gasteiger partial charge in [-0.15, -0.1) is 10.2 Å². The summed E-state index contributed by atoms with van der Waals surface area (Å²) in [7, 11) is 0. The van der Waals surface area contributed by atoms with Crippen LogP contribution in [-0.2, 0) is 27.3 Å². The molecule has 2 aromatic carbocycles. The fourth-order valence-electron chi connectivity index (χ4n) is 2.65. The van der Waals surface area contributed by atoms with E-state index >= 15 is 0 Å². The minimum Gasteiger partial charge on any atom is -0.451 e. The second-order valence-electron chi connectivity index (χ2n) is 6.67. The zero-order chi connectivity index (χ0) is 20.6. The van der Waals surface area contributed by atoms with Gasteiger partial charge in [0.25, 0.3) is 5.91 Å². The number of ether oxygens (including phenoxy) is 1. The summed E-state index contributed by atoms with van der Waals surface area (Å²) in [6, 6.07) is 17.5. The van der Waals surface area contributed by atoms with Gasteiger partial charge in [-0.2, -0.15) is 4.80 Å². The number of esters is 1. The number of tetrazole rings is 1. The molecule has 1 amide bonds. The normalized spacial score (nSPS) is 11.7. The van der Waals surface area contributed by atoms with Crippen LogP contribution in [0.4, 0.5) is 0 Å². The van der Waals surface area contributed by atoms with Crippen LogP contribution in [0.2, 0.25) is 0 Å². The van der Waals surface area contributed by atoms with Gasteiger partial charge in [-0.1, -0.05) is 60.2 Å². The number of benzene rings is 2. The van der Waals surface area contributed by atoms with Crippen molar-refractivity contribution in [3.8, 4) is 11.4 Å². The summed E-state index contributed by atoms with van der Waals surface area (Å²) in [5.74, 6) is -0.533. The van der Waals surface area contributed by atoms with Gasteiger partial charge in [-0.05, 0) is 31.0 Å². The van der Waals surface area contributed by atoms with Gasteiger partial charge in [0.15, 0.2) is 12.6 Å². The van der Waals surface area contributed by atoms with Crippen molar-refractivity contribution in [1.82, 2.24) is 25.5 Å². The van der Waals surface area contributed by atoms with Crippen LogP contribution in [-0.4, -0.2) is 44.7 Å². The van der Waals surface area contributed by atoms with Crippen LogP contribution in [0.15, 0.2) is 54.6 Å². The van der Waals surface area contributed by atoms with Gasteiger partial charge < -0.3 is 10.1 Å². The number of hydrogen-bond acceptors (Lipinski definition) is 6. The maximum Gasteiger partial charge on any atom is 0.330 e. The lowest BCUT2D eigenvalue weighted by atomic mass is 10.1.